The molecule has 0 aliphatic rings. The Morgan fingerprint density at radius 1 is 1.06 bits per heavy atom. The number of rotatable bonds is 6. The van der Waals surface area contributed by atoms with Crippen molar-refractivity contribution in [2.45, 2.75) is 59.8 Å². The maximum atomic E-state index is 9.68. The molecule has 0 heterocycles. The van der Waals surface area contributed by atoms with Gasteiger partial charge in [-0.15, -0.1) is 0 Å². The number of aldehydes is 1. The van der Waals surface area contributed by atoms with Gasteiger partial charge in [0.15, 0.2) is 0 Å². The third kappa shape index (κ3) is 68.9. The molecule has 0 spiro atoms. The van der Waals surface area contributed by atoms with Gasteiger partial charge in [-0.05, 0) is 26.4 Å². The lowest BCUT2D eigenvalue weighted by Gasteiger charge is -1.85. The van der Waals surface area contributed by atoms with Crippen LogP contribution in [0.1, 0.15) is 59.8 Å². The van der Waals surface area contributed by atoms with E-state index >= 15 is 0 Å². The first-order valence-electron chi connectivity index (χ1n) is 6.36. The molecule has 0 amide bonds. The zero-order chi connectivity index (χ0) is 13.7. The predicted molar refractivity (Wildman–Crippen MR) is 73.9 cm³/mol. The number of hydrogen-bond donors (Lipinski definition) is 2. The van der Waals surface area contributed by atoms with Gasteiger partial charge in [-0.2, -0.15) is 0 Å². The summed E-state index contributed by atoms with van der Waals surface area (Å²) in [7, 11) is 2.96. The first-order chi connectivity index (χ1) is 7.83. The van der Waals surface area contributed by atoms with E-state index in [9.17, 15) is 4.79 Å². The van der Waals surface area contributed by atoms with Gasteiger partial charge in [-0.25, -0.2) is 0 Å². The number of aliphatic hydroxyl groups is 1. The lowest BCUT2D eigenvalue weighted by Crippen LogP contribution is -2.04. The Morgan fingerprint density at radius 2 is 1.56 bits per heavy atom. The van der Waals surface area contributed by atoms with Gasteiger partial charge in [-0.3, -0.25) is 0 Å². The van der Waals surface area contributed by atoms with Crippen LogP contribution in [0.15, 0.2) is 0 Å². The van der Waals surface area contributed by atoms with Gasteiger partial charge in [0.25, 0.3) is 0 Å². The van der Waals surface area contributed by atoms with E-state index in [0.717, 1.165) is 32.8 Å². The van der Waals surface area contributed by atoms with Crippen molar-refractivity contribution in [3.8, 4) is 0 Å². The number of aliphatic hydroxyl groups excluding tert-OH is 1. The molecule has 0 aromatic carbocycles. The molecule has 0 bridgehead atoms. The first-order valence-corrected chi connectivity index (χ1v) is 6.36. The molecule has 16 heavy (non-hydrogen) atoms. The van der Waals surface area contributed by atoms with Crippen LogP contribution < -0.4 is 5.32 Å². The molecule has 0 aliphatic carbocycles. The van der Waals surface area contributed by atoms with Crippen LogP contribution in [0.5, 0.6) is 0 Å². The average molecular weight is 235 g/mol. The summed E-state index contributed by atoms with van der Waals surface area (Å²) in [5, 5.41) is 10.0. The summed E-state index contributed by atoms with van der Waals surface area (Å²) >= 11 is 0. The van der Waals surface area contributed by atoms with Crippen LogP contribution in [0.4, 0.5) is 0 Å². The molecule has 102 valence electrons. The van der Waals surface area contributed by atoms with Crippen molar-refractivity contribution in [3.05, 3.63) is 0 Å². The number of hydrogen-bond acceptors (Lipinski definition) is 3. The molecule has 0 radical (unpaired) electrons. The molecule has 2 N–H and O–H groups in total. The van der Waals surface area contributed by atoms with E-state index in [-0.39, 0.29) is 0 Å². The predicted octanol–water partition coefficient (Wildman–Crippen LogP) is 3.02. The van der Waals surface area contributed by atoms with E-state index in [1.807, 2.05) is 20.9 Å². The van der Waals surface area contributed by atoms with Crippen LogP contribution >= 0.6 is 0 Å². The second-order valence-electron chi connectivity index (χ2n) is 2.77. The van der Waals surface area contributed by atoms with Crippen LogP contribution in [-0.2, 0) is 4.79 Å². The van der Waals surface area contributed by atoms with Crippen molar-refractivity contribution in [1.29, 1.82) is 0 Å². The molecule has 0 fully saturated rings. The molecule has 0 aromatic heterocycles. The van der Waals surface area contributed by atoms with E-state index in [0.29, 0.717) is 0 Å². The van der Waals surface area contributed by atoms with Gasteiger partial charge < -0.3 is 15.2 Å². The monoisotopic (exact) mass is 235 g/mol. The molecular formula is C13H33NO2. The van der Waals surface area contributed by atoms with Crippen molar-refractivity contribution >= 4 is 6.29 Å². The van der Waals surface area contributed by atoms with E-state index < -0.39 is 0 Å². The second kappa shape index (κ2) is 46.8. The summed E-state index contributed by atoms with van der Waals surface area (Å²) in [5.74, 6) is 0. The van der Waals surface area contributed by atoms with E-state index in [1.165, 1.54) is 19.3 Å². The maximum absolute atomic E-state index is 9.68. The standard InChI is InChI=1S/C6H12O.C4H11N.C2H6.CH4O/c1-2-3-4-5-6-7;1-3-4-5-2;2*1-2/h6H,2-5H2,1H3;5H,3-4H2,1-2H3;1-2H3;2H,1H3. The topological polar surface area (TPSA) is 49.3 Å². The molecule has 3 nitrogen and oxygen atoms in total. The Balaban J connectivity index is -0.0000000704. The smallest absolute Gasteiger partial charge is 0.119 e. The summed E-state index contributed by atoms with van der Waals surface area (Å²) in [6.07, 6.45) is 6.42. The van der Waals surface area contributed by atoms with E-state index in [2.05, 4.69) is 19.2 Å². The lowest BCUT2D eigenvalue weighted by atomic mass is 10.2. The van der Waals surface area contributed by atoms with Crippen LogP contribution in [0.25, 0.3) is 0 Å². The fourth-order valence-corrected chi connectivity index (χ4v) is 0.728. The molecule has 3 heteroatoms. The van der Waals surface area contributed by atoms with Gasteiger partial charge in [0.05, 0.1) is 0 Å². The molecule has 0 saturated heterocycles. The number of unbranched alkanes of at least 4 members (excludes halogenated alkanes) is 3. The second-order valence-corrected chi connectivity index (χ2v) is 2.77. The Labute approximate surface area is 103 Å². The normalized spacial score (nSPS) is 7.19. The van der Waals surface area contributed by atoms with Crippen LogP contribution in [0.2, 0.25) is 0 Å². The minimum absolute atomic E-state index is 0.744. The summed E-state index contributed by atoms with van der Waals surface area (Å²) in [6, 6.07) is 0. The minimum Gasteiger partial charge on any atom is -0.400 e. The summed E-state index contributed by atoms with van der Waals surface area (Å²) < 4.78 is 0. The largest absolute Gasteiger partial charge is 0.400 e. The van der Waals surface area contributed by atoms with E-state index in [4.69, 9.17) is 5.11 Å². The highest BCUT2D eigenvalue weighted by molar-refractivity contribution is 5.48. The molecule has 0 unspecified atom stereocenters. The van der Waals surface area contributed by atoms with Gasteiger partial charge in [0, 0.05) is 13.5 Å². The van der Waals surface area contributed by atoms with Gasteiger partial charge in [0.2, 0.25) is 0 Å². The lowest BCUT2D eigenvalue weighted by molar-refractivity contribution is -0.107. The van der Waals surface area contributed by atoms with Crippen LogP contribution in [0, 0.1) is 0 Å². The van der Waals surface area contributed by atoms with E-state index in [1.54, 1.807) is 0 Å². The van der Waals surface area contributed by atoms with Crippen molar-refractivity contribution in [3.63, 3.8) is 0 Å². The zero-order valence-corrected chi connectivity index (χ0v) is 12.2. The summed E-state index contributed by atoms with van der Waals surface area (Å²) in [5.41, 5.74) is 0. The number of carbonyl (C=O) groups is 1. The highest BCUT2D eigenvalue weighted by Gasteiger charge is 1.80. The maximum Gasteiger partial charge on any atom is 0.119 e. The Morgan fingerprint density at radius 3 is 1.75 bits per heavy atom. The van der Waals surface area contributed by atoms with Gasteiger partial charge in [0.1, 0.15) is 6.29 Å². The Bertz CT molecular complexity index is 76.3. The van der Waals surface area contributed by atoms with Crippen molar-refractivity contribution in [2.75, 3.05) is 20.7 Å². The summed E-state index contributed by atoms with van der Waals surface area (Å²) in [4.78, 5) is 9.68. The molecule has 0 rings (SSSR count). The molecule has 0 saturated carbocycles. The zero-order valence-electron chi connectivity index (χ0n) is 12.2. The average Bonchev–Trinajstić information content (AvgIpc) is 2.37. The molecular weight excluding hydrogens is 202 g/mol. The quantitative estimate of drug-likeness (QED) is 0.549. The van der Waals surface area contributed by atoms with Crippen molar-refractivity contribution in [1.82, 2.24) is 5.32 Å². The Hall–Kier alpha value is -0.410. The van der Waals surface area contributed by atoms with Gasteiger partial charge >= 0.3 is 0 Å². The highest BCUT2D eigenvalue weighted by atomic mass is 16.2. The van der Waals surface area contributed by atoms with Crippen LogP contribution in [0.3, 0.4) is 0 Å². The summed E-state index contributed by atoms with van der Waals surface area (Å²) in [6.45, 7) is 9.42. The fourth-order valence-electron chi connectivity index (χ4n) is 0.728. The number of carbonyl (C=O) groups excluding carboxylic acids is 1. The highest BCUT2D eigenvalue weighted by Crippen LogP contribution is 1.94. The fraction of sp³-hybridized carbons (Fsp3) is 0.923. The van der Waals surface area contributed by atoms with Crippen LogP contribution in [-0.4, -0.2) is 32.1 Å². The molecule has 0 aliphatic heterocycles. The third-order valence-electron chi connectivity index (χ3n) is 1.43. The first kappa shape index (κ1) is 24.7. The number of nitrogens with one attached hydrogen (secondary N) is 1. The minimum atomic E-state index is 0.744. The van der Waals surface area contributed by atoms with Gasteiger partial charge in [-0.1, -0.05) is 40.5 Å². The Kier molecular flexibility index (Phi) is 72.2. The van der Waals surface area contributed by atoms with Crippen molar-refractivity contribution < 1.29 is 9.90 Å². The molecule has 0 aromatic rings. The SMILES string of the molecule is CC.CCCCCC=O.CCCNC.CO. The molecule has 0 atom stereocenters. The third-order valence-corrected chi connectivity index (χ3v) is 1.43. The van der Waals surface area contributed by atoms with Crippen molar-refractivity contribution in [2.24, 2.45) is 0 Å².